The van der Waals surface area contributed by atoms with Crippen LogP contribution in [0.2, 0.25) is 0 Å². The average Bonchev–Trinajstić information content (AvgIpc) is 2.97. The van der Waals surface area contributed by atoms with Gasteiger partial charge in [0.15, 0.2) is 5.78 Å². The SMILES string of the molecule is CC(=O)c1sc(Cc2ccc(I)cc2F)c(C(=O)NOCCO)c1C(C)C. The Bertz CT molecular complexity index is 850. The number of hydrogen-bond acceptors (Lipinski definition) is 5. The molecule has 2 aromatic rings. The number of carbonyl (C=O) groups excluding carboxylic acids is 2. The molecule has 146 valence electrons. The Morgan fingerprint density at radius 2 is 2.07 bits per heavy atom. The number of hydroxylamine groups is 1. The van der Waals surface area contributed by atoms with E-state index >= 15 is 0 Å². The molecule has 0 aliphatic heterocycles. The van der Waals surface area contributed by atoms with Crippen molar-refractivity contribution >= 4 is 45.6 Å². The molecule has 8 heteroatoms. The Balaban J connectivity index is 2.52. The summed E-state index contributed by atoms with van der Waals surface area (Å²) in [7, 11) is 0. The fraction of sp³-hybridized carbons (Fsp3) is 0.368. The first-order chi connectivity index (χ1) is 12.8. The summed E-state index contributed by atoms with van der Waals surface area (Å²) >= 11 is 3.25. The highest BCUT2D eigenvalue weighted by molar-refractivity contribution is 14.1. The number of nitrogens with one attached hydrogen (secondary N) is 1. The van der Waals surface area contributed by atoms with Crippen LogP contribution in [-0.2, 0) is 11.3 Å². The molecule has 0 aliphatic rings. The van der Waals surface area contributed by atoms with E-state index in [1.807, 2.05) is 36.4 Å². The van der Waals surface area contributed by atoms with E-state index in [0.717, 1.165) is 3.57 Å². The summed E-state index contributed by atoms with van der Waals surface area (Å²) in [4.78, 5) is 30.9. The quantitative estimate of drug-likeness (QED) is 0.246. The summed E-state index contributed by atoms with van der Waals surface area (Å²) in [6, 6.07) is 4.91. The normalized spacial score (nSPS) is 11.1. The van der Waals surface area contributed by atoms with Crippen molar-refractivity contribution in [3.8, 4) is 0 Å². The molecular formula is C19H21FINO4S. The second-order valence-corrected chi connectivity index (χ2v) is 8.62. The van der Waals surface area contributed by atoms with Gasteiger partial charge in [0.1, 0.15) is 5.82 Å². The summed E-state index contributed by atoms with van der Waals surface area (Å²) in [5.74, 6) is -1.07. The Hall–Kier alpha value is -1.36. The van der Waals surface area contributed by atoms with Crippen molar-refractivity contribution in [1.82, 2.24) is 5.48 Å². The number of halogens is 2. The molecule has 0 saturated carbocycles. The lowest BCUT2D eigenvalue weighted by Gasteiger charge is -2.12. The number of hydrogen-bond donors (Lipinski definition) is 2. The van der Waals surface area contributed by atoms with Crippen molar-refractivity contribution in [2.75, 3.05) is 13.2 Å². The number of benzene rings is 1. The zero-order valence-electron chi connectivity index (χ0n) is 15.3. The van der Waals surface area contributed by atoms with Crippen molar-refractivity contribution < 1.29 is 23.9 Å². The number of carbonyl (C=O) groups is 2. The minimum absolute atomic E-state index is 0.0481. The summed E-state index contributed by atoms with van der Waals surface area (Å²) < 4.78 is 15.1. The van der Waals surface area contributed by atoms with Crippen LogP contribution in [0.25, 0.3) is 0 Å². The Labute approximate surface area is 175 Å². The van der Waals surface area contributed by atoms with E-state index in [-0.39, 0.29) is 37.2 Å². The first-order valence-corrected chi connectivity index (χ1v) is 10.3. The maximum Gasteiger partial charge on any atom is 0.276 e. The molecule has 5 nitrogen and oxygen atoms in total. The van der Waals surface area contributed by atoms with Gasteiger partial charge in [-0.3, -0.25) is 14.4 Å². The van der Waals surface area contributed by atoms with E-state index in [1.165, 1.54) is 24.3 Å². The van der Waals surface area contributed by atoms with Gasteiger partial charge in [-0.25, -0.2) is 9.87 Å². The Kier molecular flexibility index (Phi) is 7.90. The molecule has 0 unspecified atom stereocenters. The van der Waals surface area contributed by atoms with Gasteiger partial charge in [0.05, 0.1) is 23.7 Å². The van der Waals surface area contributed by atoms with Crippen molar-refractivity contribution in [3.05, 3.63) is 54.0 Å². The Morgan fingerprint density at radius 3 is 2.63 bits per heavy atom. The maximum absolute atomic E-state index is 14.3. The van der Waals surface area contributed by atoms with Gasteiger partial charge in [0.2, 0.25) is 0 Å². The lowest BCUT2D eigenvalue weighted by molar-refractivity contribution is 0.0167. The molecule has 1 heterocycles. The molecule has 2 rings (SSSR count). The van der Waals surface area contributed by atoms with Crippen molar-refractivity contribution in [3.63, 3.8) is 0 Å². The fourth-order valence-electron chi connectivity index (χ4n) is 2.73. The predicted octanol–water partition coefficient (Wildman–Crippen LogP) is 4.06. The van der Waals surface area contributed by atoms with Crippen LogP contribution in [0.5, 0.6) is 0 Å². The van der Waals surface area contributed by atoms with Crippen LogP contribution < -0.4 is 5.48 Å². The van der Waals surface area contributed by atoms with E-state index in [9.17, 15) is 14.0 Å². The zero-order valence-corrected chi connectivity index (χ0v) is 18.2. The molecule has 0 saturated heterocycles. The van der Waals surface area contributed by atoms with Crippen molar-refractivity contribution in [1.29, 1.82) is 0 Å². The third-order valence-electron chi connectivity index (χ3n) is 3.87. The zero-order chi connectivity index (χ0) is 20.1. The smallest absolute Gasteiger partial charge is 0.276 e. The van der Waals surface area contributed by atoms with Gasteiger partial charge in [-0.2, -0.15) is 0 Å². The number of Topliss-reactive ketones (excluding diaryl/α,β-unsaturated/α-hetero) is 1. The molecule has 1 aromatic heterocycles. The molecule has 0 aliphatic carbocycles. The summed E-state index contributed by atoms with van der Waals surface area (Å²) in [5.41, 5.74) is 3.73. The lowest BCUT2D eigenvalue weighted by Crippen LogP contribution is -2.27. The number of aliphatic hydroxyl groups excluding tert-OH is 1. The average molecular weight is 505 g/mol. The molecule has 1 amide bonds. The number of amides is 1. The molecule has 0 fully saturated rings. The molecule has 0 atom stereocenters. The molecule has 0 spiro atoms. The fourth-order valence-corrected chi connectivity index (χ4v) is 4.55. The third-order valence-corrected chi connectivity index (χ3v) is 5.84. The molecule has 2 N–H and O–H groups in total. The highest BCUT2D eigenvalue weighted by Gasteiger charge is 2.27. The largest absolute Gasteiger partial charge is 0.394 e. The molecule has 0 radical (unpaired) electrons. The third kappa shape index (κ3) is 5.34. The lowest BCUT2D eigenvalue weighted by atomic mass is 9.94. The van der Waals surface area contributed by atoms with Gasteiger partial charge in [-0.1, -0.05) is 19.9 Å². The van der Waals surface area contributed by atoms with Crippen LogP contribution in [0.15, 0.2) is 18.2 Å². The van der Waals surface area contributed by atoms with E-state index in [4.69, 9.17) is 9.94 Å². The molecule has 0 bridgehead atoms. The van der Waals surface area contributed by atoms with Crippen LogP contribution in [0.4, 0.5) is 4.39 Å². The minimum Gasteiger partial charge on any atom is -0.394 e. The number of ketones is 1. The van der Waals surface area contributed by atoms with Gasteiger partial charge in [0.25, 0.3) is 5.91 Å². The summed E-state index contributed by atoms with van der Waals surface area (Å²) in [6.07, 6.45) is 0.198. The maximum atomic E-state index is 14.3. The standard InChI is InChI=1S/C19H21FINO4S/c1-10(2)16-17(19(25)22-26-7-6-23)15(27-18(16)11(3)24)8-12-4-5-13(21)9-14(12)20/h4-5,9-10,23H,6-8H2,1-3H3,(H,22,25). The van der Waals surface area contributed by atoms with E-state index < -0.39 is 5.91 Å². The summed E-state index contributed by atoms with van der Waals surface area (Å²) in [6.45, 7) is 4.97. The predicted molar refractivity (Wildman–Crippen MR) is 111 cm³/mol. The minimum atomic E-state index is -0.503. The van der Waals surface area contributed by atoms with Crippen LogP contribution in [0, 0.1) is 9.39 Å². The first kappa shape index (κ1) is 21.9. The molecule has 1 aromatic carbocycles. The van der Waals surface area contributed by atoms with Crippen LogP contribution in [0.1, 0.15) is 62.7 Å². The van der Waals surface area contributed by atoms with E-state index in [2.05, 4.69) is 5.48 Å². The number of thiophene rings is 1. The second kappa shape index (κ2) is 9.72. The van der Waals surface area contributed by atoms with Crippen molar-refractivity contribution in [2.24, 2.45) is 0 Å². The topological polar surface area (TPSA) is 75.6 Å². The van der Waals surface area contributed by atoms with Crippen molar-refractivity contribution in [2.45, 2.75) is 33.1 Å². The number of rotatable bonds is 8. The van der Waals surface area contributed by atoms with Crippen LogP contribution >= 0.6 is 33.9 Å². The molecular weight excluding hydrogens is 484 g/mol. The Morgan fingerprint density at radius 1 is 1.37 bits per heavy atom. The molecule has 27 heavy (non-hydrogen) atoms. The van der Waals surface area contributed by atoms with Gasteiger partial charge in [-0.15, -0.1) is 11.3 Å². The summed E-state index contributed by atoms with van der Waals surface area (Å²) in [5, 5.41) is 8.81. The van der Waals surface area contributed by atoms with Gasteiger partial charge in [0, 0.05) is 14.9 Å². The highest BCUT2D eigenvalue weighted by atomic mass is 127. The second-order valence-electron chi connectivity index (χ2n) is 6.27. The van der Waals surface area contributed by atoms with Crippen LogP contribution in [-0.4, -0.2) is 30.0 Å². The number of aliphatic hydroxyl groups is 1. The van der Waals surface area contributed by atoms with E-state index in [0.29, 0.717) is 26.4 Å². The van der Waals surface area contributed by atoms with E-state index in [1.54, 1.807) is 12.1 Å². The van der Waals surface area contributed by atoms with Gasteiger partial charge >= 0.3 is 0 Å². The highest BCUT2D eigenvalue weighted by Crippen LogP contribution is 2.36. The monoisotopic (exact) mass is 505 g/mol. The van der Waals surface area contributed by atoms with Gasteiger partial charge in [-0.05, 0) is 58.7 Å². The van der Waals surface area contributed by atoms with Gasteiger partial charge < -0.3 is 5.11 Å². The van der Waals surface area contributed by atoms with Crippen LogP contribution in [0.3, 0.4) is 0 Å². The first-order valence-electron chi connectivity index (χ1n) is 8.39.